The number of halogens is 1. The highest BCUT2D eigenvalue weighted by Crippen LogP contribution is 2.49. The zero-order valence-electron chi connectivity index (χ0n) is 5.44. The number of fused-ring (bicyclic) bond motifs is 2. The Balaban J connectivity index is 2.23. The summed E-state index contributed by atoms with van der Waals surface area (Å²) in [6.45, 7) is 0. The van der Waals surface area contributed by atoms with Crippen LogP contribution in [0.3, 0.4) is 0 Å². The molecule has 0 aromatic rings. The molecule has 2 atom stereocenters. The smallest absolute Gasteiger partial charge is 0.0314 e. The summed E-state index contributed by atoms with van der Waals surface area (Å²) in [6, 6.07) is 0. The van der Waals surface area contributed by atoms with E-state index < -0.39 is 0 Å². The van der Waals surface area contributed by atoms with E-state index in [0.717, 1.165) is 11.8 Å². The van der Waals surface area contributed by atoms with Gasteiger partial charge in [-0.3, -0.25) is 0 Å². The average molecular weight is 143 g/mol. The highest BCUT2D eigenvalue weighted by atomic mass is 35.5. The monoisotopic (exact) mass is 142 g/mol. The lowest BCUT2D eigenvalue weighted by atomic mass is 9.91. The van der Waals surface area contributed by atoms with Gasteiger partial charge in [-0.15, -0.1) is 11.6 Å². The lowest BCUT2D eigenvalue weighted by molar-refractivity contribution is 0.462. The minimum absolute atomic E-state index is 0.437. The first kappa shape index (κ1) is 5.79. The minimum atomic E-state index is 0.437. The van der Waals surface area contributed by atoms with Crippen LogP contribution in [0.2, 0.25) is 0 Å². The Morgan fingerprint density at radius 2 is 2.56 bits per heavy atom. The number of hydrogen-bond acceptors (Lipinski definition) is 0. The van der Waals surface area contributed by atoms with E-state index in [2.05, 4.69) is 12.2 Å². The SMILES string of the molecule is ClCC12C=CC(CC1)C2. The predicted molar refractivity (Wildman–Crippen MR) is 39.6 cm³/mol. The van der Waals surface area contributed by atoms with E-state index >= 15 is 0 Å². The fraction of sp³-hybridized carbons (Fsp3) is 0.750. The maximum Gasteiger partial charge on any atom is 0.0314 e. The molecule has 0 radical (unpaired) electrons. The Morgan fingerprint density at radius 3 is 2.78 bits per heavy atom. The van der Waals surface area contributed by atoms with E-state index in [4.69, 9.17) is 11.6 Å². The summed E-state index contributed by atoms with van der Waals surface area (Å²) in [7, 11) is 0. The third kappa shape index (κ3) is 0.728. The summed E-state index contributed by atoms with van der Waals surface area (Å²) in [5, 5.41) is 0. The van der Waals surface area contributed by atoms with Crippen molar-refractivity contribution in [3.05, 3.63) is 12.2 Å². The minimum Gasteiger partial charge on any atom is -0.126 e. The Morgan fingerprint density at radius 1 is 1.67 bits per heavy atom. The number of rotatable bonds is 1. The van der Waals surface area contributed by atoms with Crippen LogP contribution >= 0.6 is 11.6 Å². The van der Waals surface area contributed by atoms with Gasteiger partial charge in [-0.05, 0) is 25.2 Å². The second kappa shape index (κ2) is 1.76. The largest absolute Gasteiger partial charge is 0.126 e. The van der Waals surface area contributed by atoms with Gasteiger partial charge in [0.1, 0.15) is 0 Å². The summed E-state index contributed by atoms with van der Waals surface area (Å²) >= 11 is 5.84. The van der Waals surface area contributed by atoms with E-state index in [9.17, 15) is 0 Å². The lowest BCUT2D eigenvalue weighted by Crippen LogP contribution is -2.12. The second-order valence-electron chi connectivity index (χ2n) is 3.36. The van der Waals surface area contributed by atoms with Gasteiger partial charge in [0.2, 0.25) is 0 Å². The molecule has 0 aromatic heterocycles. The van der Waals surface area contributed by atoms with E-state index in [-0.39, 0.29) is 0 Å². The zero-order chi connectivity index (χ0) is 6.32. The van der Waals surface area contributed by atoms with Crippen LogP contribution in [0.4, 0.5) is 0 Å². The van der Waals surface area contributed by atoms with Crippen molar-refractivity contribution in [3.8, 4) is 0 Å². The molecule has 2 bridgehead atoms. The highest BCUT2D eigenvalue weighted by Gasteiger charge is 2.39. The average Bonchev–Trinajstić information content (AvgIpc) is 2.46. The van der Waals surface area contributed by atoms with Crippen LogP contribution in [0.5, 0.6) is 0 Å². The van der Waals surface area contributed by atoms with E-state index in [1.807, 2.05) is 0 Å². The van der Waals surface area contributed by atoms with Gasteiger partial charge in [0.15, 0.2) is 0 Å². The fourth-order valence-corrected chi connectivity index (χ4v) is 2.35. The van der Waals surface area contributed by atoms with Gasteiger partial charge in [0, 0.05) is 11.3 Å². The molecule has 0 nitrogen and oxygen atoms in total. The maximum absolute atomic E-state index is 5.84. The Kier molecular flexibility index (Phi) is 1.13. The van der Waals surface area contributed by atoms with Crippen LogP contribution in [-0.4, -0.2) is 5.88 Å². The Hall–Kier alpha value is 0.0300. The number of alkyl halides is 1. The summed E-state index contributed by atoms with van der Waals surface area (Å²) < 4.78 is 0. The van der Waals surface area contributed by atoms with Gasteiger partial charge >= 0.3 is 0 Å². The molecule has 0 heterocycles. The molecule has 0 aliphatic heterocycles. The van der Waals surface area contributed by atoms with Crippen molar-refractivity contribution in [1.29, 1.82) is 0 Å². The summed E-state index contributed by atoms with van der Waals surface area (Å²) in [6.07, 6.45) is 8.71. The van der Waals surface area contributed by atoms with Crippen molar-refractivity contribution in [3.63, 3.8) is 0 Å². The molecule has 9 heavy (non-hydrogen) atoms. The molecule has 2 aliphatic rings. The maximum atomic E-state index is 5.84. The van der Waals surface area contributed by atoms with E-state index in [1.165, 1.54) is 19.3 Å². The summed E-state index contributed by atoms with van der Waals surface area (Å²) in [5.74, 6) is 1.71. The van der Waals surface area contributed by atoms with Gasteiger partial charge in [-0.1, -0.05) is 12.2 Å². The van der Waals surface area contributed by atoms with Crippen LogP contribution < -0.4 is 0 Å². The summed E-state index contributed by atoms with van der Waals surface area (Å²) in [5.41, 5.74) is 0.437. The van der Waals surface area contributed by atoms with E-state index in [1.54, 1.807) is 0 Å². The van der Waals surface area contributed by atoms with Crippen molar-refractivity contribution in [2.75, 3.05) is 5.88 Å². The standard InChI is InChI=1S/C8H11Cl/c9-6-8-3-1-7(5-8)2-4-8/h1,3,7H,2,4-6H2. The molecule has 1 heteroatoms. The molecule has 1 saturated carbocycles. The molecular weight excluding hydrogens is 132 g/mol. The lowest BCUT2D eigenvalue weighted by Gasteiger charge is -2.18. The number of hydrogen-bond donors (Lipinski definition) is 0. The van der Waals surface area contributed by atoms with Gasteiger partial charge in [0.05, 0.1) is 0 Å². The van der Waals surface area contributed by atoms with Gasteiger partial charge < -0.3 is 0 Å². The second-order valence-corrected chi connectivity index (χ2v) is 3.63. The van der Waals surface area contributed by atoms with Crippen LogP contribution in [0.25, 0.3) is 0 Å². The Labute approximate surface area is 60.9 Å². The molecule has 2 rings (SSSR count). The quantitative estimate of drug-likeness (QED) is 0.390. The highest BCUT2D eigenvalue weighted by molar-refractivity contribution is 6.18. The van der Waals surface area contributed by atoms with Crippen LogP contribution in [0.15, 0.2) is 12.2 Å². The topological polar surface area (TPSA) is 0 Å². The van der Waals surface area contributed by atoms with Gasteiger partial charge in [-0.25, -0.2) is 0 Å². The van der Waals surface area contributed by atoms with Crippen LogP contribution in [-0.2, 0) is 0 Å². The molecule has 50 valence electrons. The fourth-order valence-electron chi connectivity index (χ4n) is 2.02. The predicted octanol–water partition coefficient (Wildman–Crippen LogP) is 2.58. The molecule has 0 spiro atoms. The molecule has 1 fully saturated rings. The molecule has 2 aliphatic carbocycles. The third-order valence-corrected chi connectivity index (χ3v) is 3.20. The van der Waals surface area contributed by atoms with Gasteiger partial charge in [-0.2, -0.15) is 0 Å². The number of allylic oxidation sites excluding steroid dienone is 2. The Bertz CT molecular complexity index is 151. The molecular formula is C8H11Cl. The zero-order valence-corrected chi connectivity index (χ0v) is 6.19. The first-order valence-corrected chi connectivity index (χ1v) is 4.13. The van der Waals surface area contributed by atoms with Crippen molar-refractivity contribution >= 4 is 11.6 Å². The van der Waals surface area contributed by atoms with Crippen molar-refractivity contribution < 1.29 is 0 Å². The molecule has 0 saturated heterocycles. The third-order valence-electron chi connectivity index (χ3n) is 2.67. The molecule has 0 aromatic carbocycles. The molecule has 2 unspecified atom stereocenters. The van der Waals surface area contributed by atoms with E-state index in [0.29, 0.717) is 5.41 Å². The van der Waals surface area contributed by atoms with Crippen molar-refractivity contribution in [2.24, 2.45) is 11.3 Å². The van der Waals surface area contributed by atoms with Crippen LogP contribution in [0.1, 0.15) is 19.3 Å². The van der Waals surface area contributed by atoms with Crippen LogP contribution in [0, 0.1) is 11.3 Å². The normalized spacial score (nSPS) is 46.6. The first-order chi connectivity index (χ1) is 4.35. The molecule has 0 N–H and O–H groups in total. The first-order valence-electron chi connectivity index (χ1n) is 3.60. The van der Waals surface area contributed by atoms with Crippen molar-refractivity contribution in [1.82, 2.24) is 0 Å². The molecule has 0 amide bonds. The van der Waals surface area contributed by atoms with Crippen molar-refractivity contribution in [2.45, 2.75) is 19.3 Å². The summed E-state index contributed by atoms with van der Waals surface area (Å²) in [4.78, 5) is 0. The van der Waals surface area contributed by atoms with Gasteiger partial charge in [0.25, 0.3) is 0 Å².